The van der Waals surface area contributed by atoms with Crippen molar-refractivity contribution in [1.29, 1.82) is 0 Å². The standard InChI is InChI=1S/C18H25ClNO3.Cs/c1-13-7-18(22-11-13)23-17-9-15(19)8-16(10-17)21-12-14-3-5-20(2)6-4-14;/h8-11,13-14,18H,3-7,12H2,1-2H3;/q-1;+1/t13-,18?;/m1./s1. The summed E-state index contributed by atoms with van der Waals surface area (Å²) in [7, 11) is 2.17. The second kappa shape index (κ2) is 10.4. The Hall–Kier alpha value is 1.08. The maximum Gasteiger partial charge on any atom is 1.00 e. The van der Waals surface area contributed by atoms with Crippen LogP contribution in [0.2, 0.25) is 5.02 Å². The zero-order valence-corrected chi connectivity index (χ0v) is 21.9. The van der Waals surface area contributed by atoms with Crippen LogP contribution in [-0.2, 0) is 4.74 Å². The normalized spacial score (nSPS) is 25.3. The predicted octanol–water partition coefficient (Wildman–Crippen LogP) is 0.988. The average Bonchev–Trinajstić information content (AvgIpc) is 2.91. The molecule has 0 aliphatic carbocycles. The first-order chi connectivity index (χ1) is 11.1. The molecule has 1 aromatic rings. The molecule has 0 bridgehead atoms. The first-order valence-electron chi connectivity index (χ1n) is 8.36. The van der Waals surface area contributed by atoms with Crippen LogP contribution in [0.15, 0.2) is 18.2 Å². The zero-order chi connectivity index (χ0) is 16.2. The van der Waals surface area contributed by atoms with E-state index in [0.29, 0.717) is 22.6 Å². The molecule has 0 amide bonds. The third-order valence-corrected chi connectivity index (χ3v) is 4.68. The van der Waals surface area contributed by atoms with Gasteiger partial charge in [-0.1, -0.05) is 18.5 Å². The molecule has 2 heterocycles. The SMILES string of the molecule is C[C@H]1[CH-]OC(Oc2cc(Cl)cc(OCC3CCN(C)CC3)c2)C1.[Cs+]. The van der Waals surface area contributed by atoms with Crippen LogP contribution in [0.1, 0.15) is 26.2 Å². The van der Waals surface area contributed by atoms with Gasteiger partial charge in [0.1, 0.15) is 11.5 Å². The molecule has 128 valence electrons. The van der Waals surface area contributed by atoms with Crippen LogP contribution in [0, 0.1) is 18.4 Å². The topological polar surface area (TPSA) is 30.9 Å². The molecule has 0 spiro atoms. The van der Waals surface area contributed by atoms with Crippen molar-refractivity contribution in [3.63, 3.8) is 0 Å². The van der Waals surface area contributed by atoms with E-state index in [-0.39, 0.29) is 75.2 Å². The summed E-state index contributed by atoms with van der Waals surface area (Å²) in [5.74, 6) is 2.49. The maximum absolute atomic E-state index is 6.19. The summed E-state index contributed by atoms with van der Waals surface area (Å²) >= 11 is 6.19. The smallest absolute Gasteiger partial charge is 0.520 e. The molecule has 3 rings (SSSR count). The van der Waals surface area contributed by atoms with E-state index < -0.39 is 0 Å². The van der Waals surface area contributed by atoms with Gasteiger partial charge in [0.05, 0.1) is 6.61 Å². The number of halogens is 1. The van der Waals surface area contributed by atoms with Crippen molar-refractivity contribution in [3.8, 4) is 11.5 Å². The molecule has 24 heavy (non-hydrogen) atoms. The molecule has 2 fully saturated rings. The second-order valence-corrected chi connectivity index (χ2v) is 7.15. The van der Waals surface area contributed by atoms with E-state index in [0.717, 1.165) is 31.9 Å². The van der Waals surface area contributed by atoms with Crippen LogP contribution in [0.25, 0.3) is 0 Å². The van der Waals surface area contributed by atoms with E-state index in [4.69, 9.17) is 25.8 Å². The average molecular weight is 472 g/mol. The second-order valence-electron chi connectivity index (χ2n) is 6.71. The van der Waals surface area contributed by atoms with Gasteiger partial charge < -0.3 is 19.1 Å². The summed E-state index contributed by atoms with van der Waals surface area (Å²) in [5.41, 5.74) is 0. The van der Waals surface area contributed by atoms with Crippen LogP contribution in [0.5, 0.6) is 11.5 Å². The molecule has 2 aliphatic heterocycles. The Kier molecular flexibility index (Phi) is 9.29. The van der Waals surface area contributed by atoms with Gasteiger partial charge in [0.2, 0.25) is 0 Å². The van der Waals surface area contributed by atoms with Crippen LogP contribution in [-0.4, -0.2) is 37.9 Å². The number of hydrogen-bond donors (Lipinski definition) is 0. The zero-order valence-electron chi connectivity index (χ0n) is 14.8. The van der Waals surface area contributed by atoms with E-state index in [9.17, 15) is 0 Å². The molecule has 6 heteroatoms. The Morgan fingerprint density at radius 1 is 1.25 bits per heavy atom. The fourth-order valence-electron chi connectivity index (χ4n) is 3.00. The Balaban J connectivity index is 0.00000208. The molecule has 1 unspecified atom stereocenters. The summed E-state index contributed by atoms with van der Waals surface area (Å²) in [6.45, 7) is 6.96. The largest absolute Gasteiger partial charge is 1.00 e. The Morgan fingerprint density at radius 2 is 1.96 bits per heavy atom. The van der Waals surface area contributed by atoms with E-state index in [2.05, 4.69) is 18.9 Å². The quantitative estimate of drug-likeness (QED) is 0.600. The van der Waals surface area contributed by atoms with Crippen molar-refractivity contribution >= 4 is 11.6 Å². The summed E-state index contributed by atoms with van der Waals surface area (Å²) in [6.07, 6.45) is 3.00. The number of ether oxygens (including phenoxy) is 3. The molecular weight excluding hydrogens is 447 g/mol. The van der Waals surface area contributed by atoms with Crippen LogP contribution in [0.3, 0.4) is 0 Å². The molecular formula is C18H25ClCsNO3. The Labute approximate surface area is 209 Å². The van der Waals surface area contributed by atoms with Crippen molar-refractivity contribution in [3.05, 3.63) is 29.8 Å². The minimum atomic E-state index is -0.231. The van der Waals surface area contributed by atoms with E-state index in [1.807, 2.05) is 18.7 Å². The third-order valence-electron chi connectivity index (χ3n) is 4.46. The summed E-state index contributed by atoms with van der Waals surface area (Å²) < 4.78 is 17.3. The molecule has 4 nitrogen and oxygen atoms in total. The number of piperidine rings is 1. The van der Waals surface area contributed by atoms with Crippen LogP contribution < -0.4 is 78.4 Å². The van der Waals surface area contributed by atoms with Gasteiger partial charge in [0.15, 0.2) is 6.29 Å². The van der Waals surface area contributed by atoms with Crippen molar-refractivity contribution in [2.45, 2.75) is 32.5 Å². The minimum Gasteiger partial charge on any atom is -0.520 e. The van der Waals surface area contributed by atoms with Gasteiger partial charge in [-0.2, -0.15) is 0 Å². The fraction of sp³-hybridized carbons (Fsp3) is 0.611. The molecule has 0 radical (unpaired) electrons. The third kappa shape index (κ3) is 6.67. The Bertz CT molecular complexity index is 523. The van der Waals surface area contributed by atoms with Crippen molar-refractivity contribution in [1.82, 2.24) is 4.90 Å². The summed E-state index contributed by atoms with van der Waals surface area (Å²) in [6, 6.07) is 5.54. The summed E-state index contributed by atoms with van der Waals surface area (Å²) in [5, 5.41) is 0.621. The minimum absolute atomic E-state index is 0. The van der Waals surface area contributed by atoms with Crippen molar-refractivity contribution in [2.24, 2.45) is 11.8 Å². The molecule has 2 saturated heterocycles. The van der Waals surface area contributed by atoms with E-state index in [1.54, 1.807) is 6.07 Å². The van der Waals surface area contributed by atoms with E-state index in [1.165, 1.54) is 12.8 Å². The number of benzene rings is 1. The predicted molar refractivity (Wildman–Crippen MR) is 90.8 cm³/mol. The van der Waals surface area contributed by atoms with Crippen LogP contribution >= 0.6 is 11.6 Å². The monoisotopic (exact) mass is 471 g/mol. The molecule has 1 aromatic carbocycles. The van der Waals surface area contributed by atoms with Gasteiger partial charge in [-0.3, -0.25) is 0 Å². The number of likely N-dealkylation sites (tertiary alicyclic amines) is 1. The van der Waals surface area contributed by atoms with Gasteiger partial charge in [-0.15, -0.1) is 5.92 Å². The maximum atomic E-state index is 6.19. The number of rotatable bonds is 5. The molecule has 0 saturated carbocycles. The van der Waals surface area contributed by atoms with Gasteiger partial charge in [0.25, 0.3) is 0 Å². The van der Waals surface area contributed by atoms with Crippen LogP contribution in [0.4, 0.5) is 0 Å². The van der Waals surface area contributed by atoms with Crippen molar-refractivity contribution < 1.29 is 83.1 Å². The fourth-order valence-corrected chi connectivity index (χ4v) is 3.21. The van der Waals surface area contributed by atoms with Crippen molar-refractivity contribution in [2.75, 3.05) is 26.7 Å². The molecule has 0 aromatic heterocycles. The first-order valence-corrected chi connectivity index (χ1v) is 8.73. The number of hydrogen-bond acceptors (Lipinski definition) is 4. The first kappa shape index (κ1) is 21.4. The molecule has 2 atom stereocenters. The van der Waals surface area contributed by atoms with Gasteiger partial charge in [0, 0.05) is 11.1 Å². The van der Waals surface area contributed by atoms with Gasteiger partial charge >= 0.3 is 68.9 Å². The number of nitrogens with zero attached hydrogens (tertiary/aromatic N) is 1. The van der Waals surface area contributed by atoms with Gasteiger partial charge in [-0.05, 0) is 57.5 Å². The van der Waals surface area contributed by atoms with E-state index >= 15 is 0 Å². The summed E-state index contributed by atoms with van der Waals surface area (Å²) in [4.78, 5) is 2.36. The van der Waals surface area contributed by atoms with Gasteiger partial charge in [-0.25, -0.2) is 6.61 Å². The molecule has 0 N–H and O–H groups in total. The Morgan fingerprint density at radius 3 is 2.62 bits per heavy atom. The molecule has 2 aliphatic rings.